The maximum absolute atomic E-state index is 9.03. The van der Waals surface area contributed by atoms with Gasteiger partial charge < -0.3 is 9.64 Å². The second-order valence-electron chi connectivity index (χ2n) is 5.43. The maximum atomic E-state index is 9.03. The van der Waals surface area contributed by atoms with Gasteiger partial charge in [0.2, 0.25) is 0 Å². The zero-order chi connectivity index (χ0) is 14.4. The van der Waals surface area contributed by atoms with Gasteiger partial charge in [-0.3, -0.25) is 4.90 Å². The zero-order valence-electron chi connectivity index (χ0n) is 12.4. The molecule has 0 aliphatic carbocycles. The van der Waals surface area contributed by atoms with Crippen LogP contribution in [0.2, 0.25) is 0 Å². The first kappa shape index (κ1) is 14.8. The third-order valence-electron chi connectivity index (χ3n) is 3.91. The third-order valence-corrected chi connectivity index (χ3v) is 3.91. The third kappa shape index (κ3) is 3.96. The molecule has 1 heterocycles. The summed E-state index contributed by atoms with van der Waals surface area (Å²) < 4.78 is 5.93. The zero-order valence-corrected chi connectivity index (χ0v) is 12.4. The number of aryl methyl sites for hydroxylation is 1. The highest BCUT2D eigenvalue weighted by atomic mass is 16.5. The number of hydrogen-bond acceptors (Lipinski definition) is 4. The number of likely N-dealkylation sites (N-methyl/N-ethyl adjacent to an activating group) is 1. The van der Waals surface area contributed by atoms with E-state index in [4.69, 9.17) is 10.00 Å². The molecule has 4 nitrogen and oxygen atoms in total. The number of nitriles is 1. The van der Waals surface area contributed by atoms with Gasteiger partial charge in [-0.1, -0.05) is 18.2 Å². The lowest BCUT2D eigenvalue weighted by molar-refractivity contribution is 0.0836. The summed E-state index contributed by atoms with van der Waals surface area (Å²) in [6, 6.07) is 10.5. The maximum Gasteiger partial charge on any atom is 0.122 e. The first-order valence-electron chi connectivity index (χ1n) is 7.18. The minimum atomic E-state index is 0.188. The average molecular weight is 273 g/mol. The van der Waals surface area contributed by atoms with Crippen molar-refractivity contribution in [3.63, 3.8) is 0 Å². The van der Waals surface area contributed by atoms with Gasteiger partial charge >= 0.3 is 0 Å². The van der Waals surface area contributed by atoms with E-state index < -0.39 is 0 Å². The van der Waals surface area contributed by atoms with Crippen LogP contribution in [0.3, 0.4) is 0 Å². The molecule has 2 rings (SSSR count). The highest BCUT2D eigenvalue weighted by molar-refractivity contribution is 5.31. The van der Waals surface area contributed by atoms with Crippen LogP contribution < -0.4 is 4.74 Å². The summed E-state index contributed by atoms with van der Waals surface area (Å²) in [5.41, 5.74) is 1.14. The van der Waals surface area contributed by atoms with E-state index in [-0.39, 0.29) is 6.04 Å². The smallest absolute Gasteiger partial charge is 0.122 e. The Hall–Kier alpha value is -1.57. The molecule has 0 amide bonds. The fraction of sp³-hybridized carbons (Fsp3) is 0.562. The Morgan fingerprint density at radius 3 is 2.60 bits per heavy atom. The summed E-state index contributed by atoms with van der Waals surface area (Å²) in [4.78, 5) is 4.70. The van der Waals surface area contributed by atoms with Crippen LogP contribution >= 0.6 is 0 Å². The molecule has 20 heavy (non-hydrogen) atoms. The quantitative estimate of drug-likeness (QED) is 0.821. The van der Waals surface area contributed by atoms with E-state index in [1.807, 2.05) is 31.2 Å². The highest BCUT2D eigenvalue weighted by Crippen LogP contribution is 2.18. The monoisotopic (exact) mass is 273 g/mol. The summed E-state index contributed by atoms with van der Waals surface area (Å²) in [5, 5.41) is 9.03. The topological polar surface area (TPSA) is 39.5 Å². The second kappa shape index (κ2) is 7.28. The molecular weight excluding hydrogens is 250 g/mol. The van der Waals surface area contributed by atoms with Crippen LogP contribution in [0.4, 0.5) is 0 Å². The SMILES string of the molecule is Cc1ccccc1OCC(CC#N)N1CCN(C)CC1. The first-order valence-corrected chi connectivity index (χ1v) is 7.18. The Kier molecular flexibility index (Phi) is 5.40. The van der Waals surface area contributed by atoms with E-state index in [9.17, 15) is 0 Å². The largest absolute Gasteiger partial charge is 0.492 e. The van der Waals surface area contributed by atoms with E-state index in [2.05, 4.69) is 22.9 Å². The summed E-state index contributed by atoms with van der Waals surface area (Å²) in [7, 11) is 2.14. The van der Waals surface area contributed by atoms with E-state index in [1.165, 1.54) is 0 Å². The molecule has 0 saturated carbocycles. The predicted molar refractivity (Wildman–Crippen MR) is 79.8 cm³/mol. The Morgan fingerprint density at radius 1 is 1.25 bits per heavy atom. The first-order chi connectivity index (χ1) is 9.70. The highest BCUT2D eigenvalue weighted by Gasteiger charge is 2.23. The number of para-hydroxylation sites is 1. The minimum Gasteiger partial charge on any atom is -0.492 e. The van der Waals surface area contributed by atoms with Crippen LogP contribution in [0.5, 0.6) is 5.75 Å². The van der Waals surface area contributed by atoms with Crippen molar-refractivity contribution in [2.24, 2.45) is 0 Å². The molecule has 0 radical (unpaired) electrons. The van der Waals surface area contributed by atoms with Gasteiger partial charge in [0.15, 0.2) is 0 Å². The molecule has 4 heteroatoms. The molecule has 0 bridgehead atoms. The van der Waals surface area contributed by atoms with Crippen LogP contribution in [-0.2, 0) is 0 Å². The summed E-state index contributed by atoms with van der Waals surface area (Å²) in [6.07, 6.45) is 0.523. The minimum absolute atomic E-state index is 0.188. The number of nitrogens with zero attached hydrogens (tertiary/aromatic N) is 3. The molecule has 0 aromatic heterocycles. The van der Waals surface area contributed by atoms with E-state index in [0.29, 0.717) is 13.0 Å². The lowest BCUT2D eigenvalue weighted by Crippen LogP contribution is -2.50. The van der Waals surface area contributed by atoms with Crippen molar-refractivity contribution in [2.45, 2.75) is 19.4 Å². The molecule has 1 saturated heterocycles. The molecule has 1 unspecified atom stereocenters. The van der Waals surface area contributed by atoms with Crippen molar-refractivity contribution in [3.05, 3.63) is 29.8 Å². The van der Waals surface area contributed by atoms with E-state index in [1.54, 1.807) is 0 Å². The normalized spacial score (nSPS) is 18.4. The summed E-state index contributed by atoms with van der Waals surface area (Å²) in [6.45, 7) is 6.78. The van der Waals surface area contributed by atoms with E-state index in [0.717, 1.165) is 37.5 Å². The van der Waals surface area contributed by atoms with Gasteiger partial charge in [-0.05, 0) is 25.6 Å². The van der Waals surface area contributed by atoms with E-state index >= 15 is 0 Å². The van der Waals surface area contributed by atoms with Gasteiger partial charge in [0.05, 0.1) is 18.5 Å². The van der Waals surface area contributed by atoms with Gasteiger partial charge in [0.1, 0.15) is 12.4 Å². The Balaban J connectivity index is 1.93. The number of ether oxygens (including phenoxy) is 1. The van der Waals surface area contributed by atoms with Crippen molar-refractivity contribution < 1.29 is 4.74 Å². The second-order valence-corrected chi connectivity index (χ2v) is 5.43. The van der Waals surface area contributed by atoms with Gasteiger partial charge in [0.25, 0.3) is 0 Å². The van der Waals surface area contributed by atoms with Crippen LogP contribution in [0.25, 0.3) is 0 Å². The summed E-state index contributed by atoms with van der Waals surface area (Å²) >= 11 is 0. The molecule has 1 aliphatic rings. The van der Waals surface area contributed by atoms with Gasteiger partial charge in [0, 0.05) is 26.2 Å². The lowest BCUT2D eigenvalue weighted by atomic mass is 10.1. The number of piperazine rings is 1. The predicted octanol–water partition coefficient (Wildman–Crippen LogP) is 1.90. The van der Waals surface area contributed by atoms with Crippen LogP contribution in [0.15, 0.2) is 24.3 Å². The molecule has 1 aliphatic heterocycles. The Bertz CT molecular complexity index is 461. The Morgan fingerprint density at radius 2 is 1.95 bits per heavy atom. The number of rotatable bonds is 5. The Labute approximate surface area is 121 Å². The van der Waals surface area contributed by atoms with Crippen LogP contribution in [0.1, 0.15) is 12.0 Å². The van der Waals surface area contributed by atoms with Gasteiger partial charge in [-0.15, -0.1) is 0 Å². The van der Waals surface area contributed by atoms with Crippen LogP contribution in [0, 0.1) is 18.3 Å². The molecule has 0 spiro atoms. The van der Waals surface area contributed by atoms with Crippen molar-refractivity contribution in [1.82, 2.24) is 9.80 Å². The number of hydrogen-bond donors (Lipinski definition) is 0. The molecule has 1 aromatic rings. The van der Waals surface area contributed by atoms with Crippen molar-refractivity contribution >= 4 is 0 Å². The number of benzene rings is 1. The lowest BCUT2D eigenvalue weighted by Gasteiger charge is -2.37. The van der Waals surface area contributed by atoms with Gasteiger partial charge in [-0.25, -0.2) is 0 Å². The van der Waals surface area contributed by atoms with Gasteiger partial charge in [-0.2, -0.15) is 5.26 Å². The van der Waals surface area contributed by atoms with Crippen molar-refractivity contribution in [2.75, 3.05) is 39.8 Å². The molecule has 1 aromatic carbocycles. The fourth-order valence-corrected chi connectivity index (χ4v) is 2.49. The standard InChI is InChI=1S/C16H23N3O/c1-14-5-3-4-6-16(14)20-13-15(7-8-17)19-11-9-18(2)10-12-19/h3-6,15H,7,9-13H2,1-2H3. The fourth-order valence-electron chi connectivity index (χ4n) is 2.49. The molecule has 1 atom stereocenters. The molecule has 0 N–H and O–H groups in total. The molecular formula is C16H23N3O. The summed E-state index contributed by atoms with van der Waals surface area (Å²) in [5.74, 6) is 0.921. The van der Waals surface area contributed by atoms with Crippen molar-refractivity contribution in [1.29, 1.82) is 5.26 Å². The molecule has 1 fully saturated rings. The average Bonchev–Trinajstić information content (AvgIpc) is 2.46. The molecule has 108 valence electrons. The van der Waals surface area contributed by atoms with Crippen LogP contribution in [-0.4, -0.2) is 55.7 Å². The van der Waals surface area contributed by atoms with Crippen molar-refractivity contribution in [3.8, 4) is 11.8 Å².